The second-order valence-electron chi connectivity index (χ2n) is 9.87. The van der Waals surface area contributed by atoms with E-state index in [2.05, 4.69) is 0 Å². The van der Waals surface area contributed by atoms with Crippen molar-refractivity contribution >= 4 is 58.1 Å². The van der Waals surface area contributed by atoms with E-state index in [0.717, 1.165) is 36.2 Å². The lowest BCUT2D eigenvalue weighted by molar-refractivity contribution is -0.133. The summed E-state index contributed by atoms with van der Waals surface area (Å²) in [6.07, 6.45) is 3.01. The van der Waals surface area contributed by atoms with E-state index in [0.29, 0.717) is 39.5 Å². The molecule has 39 heavy (non-hydrogen) atoms. The molecular formula is C28H26ClN3O5S2. The lowest BCUT2D eigenvalue weighted by atomic mass is 9.83. The van der Waals surface area contributed by atoms with E-state index in [-0.39, 0.29) is 29.1 Å². The summed E-state index contributed by atoms with van der Waals surface area (Å²) in [4.78, 5) is 57.6. The summed E-state index contributed by atoms with van der Waals surface area (Å²) in [6.45, 7) is 1.30. The monoisotopic (exact) mass is 583 g/mol. The first-order valence-electron chi connectivity index (χ1n) is 12.8. The number of carbonyl (C=O) groups excluding carboxylic acids is 3. The zero-order valence-electron chi connectivity index (χ0n) is 21.2. The number of hydrogen-bond donors (Lipinski definition) is 0. The predicted octanol–water partition coefficient (Wildman–Crippen LogP) is 4.38. The number of ether oxygens (including phenoxy) is 1. The fourth-order valence-electron chi connectivity index (χ4n) is 5.65. The van der Waals surface area contributed by atoms with Gasteiger partial charge in [-0.2, -0.15) is 0 Å². The molecule has 2 aromatic carbocycles. The Hall–Kier alpha value is -3.08. The van der Waals surface area contributed by atoms with Crippen LogP contribution in [0, 0.1) is 5.92 Å². The maximum Gasteiger partial charge on any atom is 0.308 e. The van der Waals surface area contributed by atoms with Crippen molar-refractivity contribution in [3.8, 4) is 5.75 Å². The van der Waals surface area contributed by atoms with Crippen LogP contribution in [0.2, 0.25) is 5.02 Å². The van der Waals surface area contributed by atoms with Gasteiger partial charge in [-0.15, -0.1) is 0 Å². The molecule has 202 valence electrons. The summed E-state index contributed by atoms with van der Waals surface area (Å²) >= 11 is 8.44. The molecule has 0 unspecified atom stereocenters. The number of imide groups is 1. The van der Waals surface area contributed by atoms with E-state index in [9.17, 15) is 19.2 Å². The third-order valence-electron chi connectivity index (χ3n) is 7.61. The van der Waals surface area contributed by atoms with Gasteiger partial charge in [-0.25, -0.2) is 4.90 Å². The van der Waals surface area contributed by atoms with E-state index in [1.54, 1.807) is 43.5 Å². The quantitative estimate of drug-likeness (QED) is 0.414. The van der Waals surface area contributed by atoms with Crippen LogP contribution in [0.25, 0.3) is 0 Å². The number of carbonyl (C=O) groups is 3. The normalized spacial score (nSPS) is 22.6. The van der Waals surface area contributed by atoms with Gasteiger partial charge < -0.3 is 9.64 Å². The Kier molecular flexibility index (Phi) is 7.03. The zero-order chi connectivity index (χ0) is 27.3. The van der Waals surface area contributed by atoms with Crippen LogP contribution in [-0.4, -0.2) is 52.6 Å². The molecule has 3 aliphatic rings. The summed E-state index contributed by atoms with van der Waals surface area (Å²) < 4.78 is 6.73. The average Bonchev–Trinajstić information content (AvgIpc) is 3.40. The van der Waals surface area contributed by atoms with E-state index in [1.165, 1.54) is 21.2 Å². The highest BCUT2D eigenvalue weighted by Gasteiger charge is 2.56. The second-order valence-corrected chi connectivity index (χ2v) is 12.4. The highest BCUT2D eigenvalue weighted by molar-refractivity contribution is 8.00. The number of thiazole rings is 1. The van der Waals surface area contributed by atoms with Crippen LogP contribution in [0.1, 0.15) is 35.6 Å². The van der Waals surface area contributed by atoms with E-state index in [4.69, 9.17) is 16.3 Å². The largest absolute Gasteiger partial charge is 0.497 e. The Bertz CT molecular complexity index is 1490. The van der Waals surface area contributed by atoms with Gasteiger partial charge in [-0.1, -0.05) is 46.8 Å². The second kappa shape index (κ2) is 10.5. The molecule has 3 atom stereocenters. The third kappa shape index (κ3) is 4.58. The van der Waals surface area contributed by atoms with Gasteiger partial charge in [0, 0.05) is 28.9 Å². The lowest BCUT2D eigenvalue weighted by Gasteiger charge is -2.31. The molecule has 4 heterocycles. The average molecular weight is 584 g/mol. The van der Waals surface area contributed by atoms with Crippen LogP contribution in [0.5, 0.6) is 5.75 Å². The minimum absolute atomic E-state index is 0.0767. The van der Waals surface area contributed by atoms with Gasteiger partial charge in [0.05, 0.1) is 23.7 Å². The number of amides is 3. The minimum atomic E-state index is -0.738. The lowest BCUT2D eigenvalue weighted by Crippen LogP contribution is -2.39. The van der Waals surface area contributed by atoms with Crippen molar-refractivity contribution in [3.63, 3.8) is 0 Å². The number of methoxy groups -OCH3 is 1. The van der Waals surface area contributed by atoms with Crippen molar-refractivity contribution in [2.75, 3.05) is 25.1 Å². The van der Waals surface area contributed by atoms with Crippen molar-refractivity contribution in [2.45, 2.75) is 42.0 Å². The molecule has 0 N–H and O–H groups in total. The number of fused-ring (bicyclic) bond motifs is 2. The number of halogens is 1. The van der Waals surface area contributed by atoms with Gasteiger partial charge in [0.1, 0.15) is 17.5 Å². The summed E-state index contributed by atoms with van der Waals surface area (Å²) in [5, 5.41) is 0.402. The van der Waals surface area contributed by atoms with Crippen molar-refractivity contribution in [1.29, 1.82) is 0 Å². The number of likely N-dealkylation sites (tertiary alicyclic amines) is 1. The number of thioether (sulfide) groups is 1. The summed E-state index contributed by atoms with van der Waals surface area (Å²) in [5.74, 6) is -1.36. The maximum absolute atomic E-state index is 13.9. The fourth-order valence-corrected chi connectivity index (χ4v) is 8.55. The van der Waals surface area contributed by atoms with Crippen molar-refractivity contribution in [2.24, 2.45) is 5.92 Å². The first kappa shape index (κ1) is 26.2. The molecule has 0 aliphatic carbocycles. The SMILES string of the molecule is COc1ccc(N2C(=O)[C@H]3[C@H](c4ccc(Cl)cc4)c4sc(=O)n(CC(=O)N5CCCCC5)c4S[C@H]3C2=O)cc1. The first-order valence-corrected chi connectivity index (χ1v) is 14.9. The molecule has 8 nitrogen and oxygen atoms in total. The highest BCUT2D eigenvalue weighted by atomic mass is 35.5. The van der Waals surface area contributed by atoms with Crippen LogP contribution < -0.4 is 14.5 Å². The van der Waals surface area contributed by atoms with Gasteiger partial charge in [-0.3, -0.25) is 23.7 Å². The number of aromatic nitrogens is 1. The van der Waals surface area contributed by atoms with Crippen LogP contribution in [-0.2, 0) is 20.9 Å². The topological polar surface area (TPSA) is 88.9 Å². The Morgan fingerprint density at radius 1 is 0.974 bits per heavy atom. The minimum Gasteiger partial charge on any atom is -0.497 e. The zero-order valence-corrected chi connectivity index (χ0v) is 23.6. The van der Waals surface area contributed by atoms with Gasteiger partial charge in [0.2, 0.25) is 17.7 Å². The van der Waals surface area contributed by atoms with Gasteiger partial charge >= 0.3 is 4.87 Å². The molecule has 3 amide bonds. The first-order chi connectivity index (χ1) is 18.9. The molecule has 3 aromatic rings. The van der Waals surface area contributed by atoms with Crippen molar-refractivity contribution < 1.29 is 19.1 Å². The Labute approximate surface area is 238 Å². The number of benzene rings is 2. The third-order valence-corrected chi connectivity index (χ3v) is 10.5. The fraction of sp³-hybridized carbons (Fsp3) is 0.357. The molecule has 2 fully saturated rings. The molecule has 3 aliphatic heterocycles. The van der Waals surface area contributed by atoms with Gasteiger partial charge in [0.15, 0.2) is 0 Å². The molecule has 0 saturated carbocycles. The number of hydrogen-bond acceptors (Lipinski definition) is 7. The smallest absolute Gasteiger partial charge is 0.308 e. The van der Waals surface area contributed by atoms with Crippen LogP contribution in [0.15, 0.2) is 58.4 Å². The molecule has 0 spiro atoms. The number of nitrogens with zero attached hydrogens (tertiary/aromatic N) is 3. The Morgan fingerprint density at radius 3 is 2.33 bits per heavy atom. The van der Waals surface area contributed by atoms with Crippen molar-refractivity contribution in [3.05, 3.63) is 73.7 Å². The summed E-state index contributed by atoms with van der Waals surface area (Å²) in [7, 11) is 1.55. The van der Waals surface area contributed by atoms with Crippen LogP contribution in [0.3, 0.4) is 0 Å². The summed E-state index contributed by atoms with van der Waals surface area (Å²) in [6, 6.07) is 14.0. The number of piperidine rings is 1. The predicted molar refractivity (Wildman–Crippen MR) is 151 cm³/mol. The maximum atomic E-state index is 13.9. The van der Waals surface area contributed by atoms with Crippen LogP contribution >= 0.6 is 34.7 Å². The number of anilines is 1. The molecule has 0 radical (unpaired) electrons. The molecule has 11 heteroatoms. The van der Waals surface area contributed by atoms with E-state index >= 15 is 0 Å². The molecule has 1 aromatic heterocycles. The molecular weight excluding hydrogens is 558 g/mol. The highest BCUT2D eigenvalue weighted by Crippen LogP contribution is 2.54. The standard InChI is InChI=1S/C28H26ClN3O5S2/c1-37-19-11-9-18(10-12-19)32-25(34)22-21(16-5-7-17(29)8-6-16)24-27(38-23(22)26(32)35)31(28(36)39-24)15-20(33)30-13-3-2-4-14-30/h5-12,21-23H,2-4,13-15H2,1H3/t21-,22-,23+/m0/s1. The van der Waals surface area contributed by atoms with Crippen LogP contribution in [0.4, 0.5) is 5.69 Å². The Balaban J connectivity index is 1.42. The molecule has 0 bridgehead atoms. The van der Waals surface area contributed by atoms with E-state index < -0.39 is 17.1 Å². The number of rotatable bonds is 5. The molecule has 2 saturated heterocycles. The van der Waals surface area contributed by atoms with Gasteiger partial charge in [-0.05, 0) is 61.2 Å². The van der Waals surface area contributed by atoms with E-state index in [1.807, 2.05) is 17.0 Å². The molecule has 6 rings (SSSR count). The summed E-state index contributed by atoms with van der Waals surface area (Å²) in [5.41, 5.74) is 1.26. The van der Waals surface area contributed by atoms with Crippen molar-refractivity contribution in [1.82, 2.24) is 9.47 Å². The van der Waals surface area contributed by atoms with Gasteiger partial charge in [0.25, 0.3) is 0 Å². The Morgan fingerprint density at radius 2 is 1.67 bits per heavy atom.